The molecule has 7 amide bonds. The lowest BCUT2D eigenvalue weighted by Gasteiger charge is -2.38. The summed E-state index contributed by atoms with van der Waals surface area (Å²) < 4.78 is 46.8. The van der Waals surface area contributed by atoms with Gasteiger partial charge in [0.1, 0.15) is 41.2 Å². The van der Waals surface area contributed by atoms with Crippen molar-refractivity contribution in [3.05, 3.63) is 93.6 Å². The Kier molecular flexibility index (Phi) is 15.4. The molecular weight excluding hydrogens is 1020 g/mol. The van der Waals surface area contributed by atoms with Crippen LogP contribution < -0.4 is 31.3 Å². The van der Waals surface area contributed by atoms with Gasteiger partial charge in [-0.25, -0.2) is 0 Å². The number of halogens is 3. The number of imide groups is 1. The van der Waals surface area contributed by atoms with E-state index < -0.39 is 72.5 Å². The van der Waals surface area contributed by atoms with Crippen molar-refractivity contribution in [2.24, 2.45) is 5.73 Å². The molecule has 5 aliphatic heterocycles. The van der Waals surface area contributed by atoms with E-state index in [9.17, 15) is 56.7 Å². The van der Waals surface area contributed by atoms with Crippen LogP contribution in [0.5, 0.6) is 5.75 Å². The predicted molar refractivity (Wildman–Crippen MR) is 269 cm³/mol. The highest BCUT2D eigenvalue weighted by atomic mass is 35.5. The number of ether oxygens (including phenoxy) is 1. The lowest BCUT2D eigenvalue weighted by atomic mass is 10.0. The molecule has 0 aliphatic carbocycles. The van der Waals surface area contributed by atoms with Crippen LogP contribution >= 0.6 is 19.2 Å². The molecule has 8 N–H and O–H groups in total. The zero-order valence-electron chi connectivity index (χ0n) is 40.9. The molecular formula is C50H58ClF2N10O11P. The number of hydrogen-bond donors (Lipinski definition) is 7. The first-order chi connectivity index (χ1) is 35.6. The van der Waals surface area contributed by atoms with E-state index >= 15 is 0 Å². The quantitative estimate of drug-likeness (QED) is 0.0628. The number of piperazine rings is 1. The molecule has 25 heteroatoms. The molecule has 400 valence electrons. The van der Waals surface area contributed by atoms with Gasteiger partial charge in [0.15, 0.2) is 0 Å². The Balaban J connectivity index is 0.813. The Labute approximate surface area is 434 Å². The first-order valence-corrected chi connectivity index (χ1v) is 26.8. The number of nitrogens with two attached hydrogens (primary N) is 1. The van der Waals surface area contributed by atoms with E-state index in [1.54, 1.807) is 19.2 Å². The van der Waals surface area contributed by atoms with Crippen LogP contribution in [0.3, 0.4) is 0 Å². The summed E-state index contributed by atoms with van der Waals surface area (Å²) in [5, 5.41) is 8.50. The minimum Gasteiger partial charge on any atom is -0.490 e. The largest absolute Gasteiger partial charge is 0.490 e. The fourth-order valence-electron chi connectivity index (χ4n) is 10.7. The molecule has 4 aromatic rings. The van der Waals surface area contributed by atoms with Crippen LogP contribution in [0.4, 0.5) is 14.5 Å². The number of likely N-dealkylation sites (N-methyl/N-ethyl adjacent to an activating group) is 1. The summed E-state index contributed by atoms with van der Waals surface area (Å²) in [6.45, 7) is 4.16. The van der Waals surface area contributed by atoms with Gasteiger partial charge < -0.3 is 55.5 Å². The summed E-state index contributed by atoms with van der Waals surface area (Å²) >= 11 is 7.01. The lowest BCUT2D eigenvalue weighted by Crippen LogP contribution is -2.60. The number of hydrogen-bond acceptors (Lipinski definition) is 12. The van der Waals surface area contributed by atoms with Crippen molar-refractivity contribution >= 4 is 77.1 Å². The molecule has 3 aromatic carbocycles. The molecule has 0 radical (unpaired) electrons. The number of alkyl halides is 2. The fraction of sp³-hybridized carbons (Fsp3) is 0.460. The summed E-state index contributed by atoms with van der Waals surface area (Å²) in [6.07, 6.45) is 1.91. The van der Waals surface area contributed by atoms with Gasteiger partial charge in [-0.1, -0.05) is 35.9 Å². The van der Waals surface area contributed by atoms with E-state index in [0.717, 1.165) is 28.9 Å². The lowest BCUT2D eigenvalue weighted by molar-refractivity contribution is -0.143. The van der Waals surface area contributed by atoms with Crippen molar-refractivity contribution in [3.8, 4) is 5.75 Å². The summed E-state index contributed by atoms with van der Waals surface area (Å²) in [5.41, 5.74) is 3.46. The zero-order valence-corrected chi connectivity index (χ0v) is 42.6. The van der Waals surface area contributed by atoms with Crippen LogP contribution in [-0.4, -0.2) is 159 Å². The zero-order chi connectivity index (χ0) is 53.5. The molecule has 1 aromatic heterocycles. The van der Waals surface area contributed by atoms with Gasteiger partial charge >= 0.3 is 13.3 Å². The van der Waals surface area contributed by atoms with Crippen LogP contribution in [0, 0.1) is 0 Å². The molecule has 0 saturated carbocycles. The Morgan fingerprint density at radius 3 is 2.48 bits per heavy atom. The first kappa shape index (κ1) is 53.3. The molecule has 21 nitrogen and oxygen atoms in total. The minimum absolute atomic E-state index is 0.0751. The number of nitrogens with zero attached hydrogens (tertiary/aromatic N) is 5. The highest BCUT2D eigenvalue weighted by molar-refractivity contribution is 7.52. The third-order valence-corrected chi connectivity index (χ3v) is 16.1. The second-order valence-electron chi connectivity index (χ2n) is 19.9. The number of aromatic nitrogens is 1. The van der Waals surface area contributed by atoms with Crippen molar-refractivity contribution < 1.29 is 61.4 Å². The molecule has 0 bridgehead atoms. The molecule has 4 fully saturated rings. The van der Waals surface area contributed by atoms with Gasteiger partial charge in [-0.2, -0.15) is 8.78 Å². The number of fused-ring (bicyclic) bond motifs is 3. The van der Waals surface area contributed by atoms with Crippen LogP contribution in [0.2, 0.25) is 5.02 Å². The van der Waals surface area contributed by atoms with E-state index in [1.165, 1.54) is 21.9 Å². The maximum absolute atomic E-state index is 14.5. The molecule has 4 saturated heterocycles. The average molecular weight is 1080 g/mol. The average Bonchev–Trinajstić information content (AvgIpc) is 4.09. The fourth-order valence-corrected chi connectivity index (χ4v) is 11.5. The maximum Gasteiger partial charge on any atom is 0.399 e. The second kappa shape index (κ2) is 21.6. The summed E-state index contributed by atoms with van der Waals surface area (Å²) in [7, 11) is -4.05. The molecule has 5 atom stereocenters. The summed E-state index contributed by atoms with van der Waals surface area (Å²) in [4.78, 5) is 122. The number of H-pyrrole nitrogens is 1. The number of carbonyl (C=O) groups excluding carboxylic acids is 7. The van der Waals surface area contributed by atoms with E-state index in [2.05, 4.69) is 30.7 Å². The van der Waals surface area contributed by atoms with E-state index in [4.69, 9.17) is 22.1 Å². The number of carbonyl (C=O) groups is 7. The number of piperidine rings is 1. The molecule has 1 unspecified atom stereocenters. The van der Waals surface area contributed by atoms with Crippen molar-refractivity contribution in [1.82, 2.24) is 40.5 Å². The number of aromatic amines is 1. The Hall–Kier alpha value is -6.49. The number of benzene rings is 3. The van der Waals surface area contributed by atoms with Crippen molar-refractivity contribution in [1.29, 1.82) is 0 Å². The van der Waals surface area contributed by atoms with Crippen LogP contribution in [0.25, 0.3) is 10.9 Å². The highest BCUT2D eigenvalue weighted by Crippen LogP contribution is 2.59. The minimum atomic E-state index is -5.85. The second-order valence-corrected chi connectivity index (χ2v) is 21.9. The normalized spacial score (nSPS) is 22.3. The Morgan fingerprint density at radius 1 is 0.973 bits per heavy atom. The van der Waals surface area contributed by atoms with Gasteiger partial charge in [0.25, 0.3) is 11.8 Å². The Bertz CT molecular complexity index is 2990. The number of anilines is 1. The van der Waals surface area contributed by atoms with E-state index in [-0.39, 0.29) is 66.9 Å². The van der Waals surface area contributed by atoms with Gasteiger partial charge in [0, 0.05) is 86.7 Å². The SMILES string of the molecule is CN1CC[C@H]2CC[C@@H](C(=O)N[C@@H](CCC(N)=O)COc3cccc(N4CCN(Cc5ccc6c(c5)CN(C5CCC(=O)NC5=O)C6=O)CC4)c3Cl)N2C(=O)[C@@H](NC(=O)c2cc3cc(C(F)(F)P(=O)(O)O)ccc3[nH]2)C1. The molecule has 5 aliphatic rings. The van der Waals surface area contributed by atoms with Crippen LogP contribution in [-0.2, 0) is 47.3 Å². The molecule has 6 heterocycles. The summed E-state index contributed by atoms with van der Waals surface area (Å²) in [5.74, 6) is -2.98. The number of nitrogens with one attached hydrogen (secondary N) is 4. The topological polar surface area (TPSA) is 280 Å². The van der Waals surface area contributed by atoms with Gasteiger partial charge in [-0.05, 0) is 93.2 Å². The monoisotopic (exact) mass is 1080 g/mol. The molecule has 9 rings (SSSR count). The summed E-state index contributed by atoms with van der Waals surface area (Å²) in [6, 6.07) is 11.5. The third-order valence-electron chi connectivity index (χ3n) is 14.8. The van der Waals surface area contributed by atoms with Crippen molar-refractivity contribution in [3.63, 3.8) is 0 Å². The van der Waals surface area contributed by atoms with Crippen molar-refractivity contribution in [2.45, 2.75) is 93.9 Å². The first-order valence-electron chi connectivity index (χ1n) is 24.8. The van der Waals surface area contributed by atoms with Crippen LogP contribution in [0.15, 0.2) is 60.7 Å². The maximum atomic E-state index is 14.5. The molecule has 0 spiro atoms. The number of amides is 7. The molecule has 75 heavy (non-hydrogen) atoms. The third kappa shape index (κ3) is 11.4. The van der Waals surface area contributed by atoms with Crippen LogP contribution in [0.1, 0.15) is 82.5 Å². The van der Waals surface area contributed by atoms with E-state index in [1.807, 2.05) is 29.2 Å². The van der Waals surface area contributed by atoms with Gasteiger partial charge in [0.2, 0.25) is 29.5 Å². The number of primary amides is 1. The smallest absolute Gasteiger partial charge is 0.399 e. The number of rotatable bonds is 16. The Morgan fingerprint density at radius 2 is 1.75 bits per heavy atom. The van der Waals surface area contributed by atoms with Gasteiger partial charge in [0.05, 0.1) is 11.7 Å². The standard InChI is InChI=1S/C50H58ClF2N10O11P/c1-59-16-15-33-8-11-40(63(33)49(70)37(26-59)57-45(66)36-23-29-22-31(6-10-35(29)56-36)50(52,53)75(71,72)73)47(68)55-32(7-13-42(54)64)27-74-41-4-2-3-38(44(41)51)61-19-17-60(18-20-61)24-28-5-9-34-30(21-28)25-62(48(34)69)39-12-14-43(65)58-46(39)67/h2-6,9-10,21-23,32-33,37,39-40,56H,7-8,11-20,24-27H2,1H3,(H2,54,64)(H,55,68)(H,57,66)(H,58,65,67)(H2,71,72,73)/t32-,33+,37-,39?,40-/m0/s1. The highest BCUT2D eigenvalue weighted by Gasteiger charge is 2.51. The van der Waals surface area contributed by atoms with Gasteiger partial charge in [-0.3, -0.25) is 48.3 Å². The van der Waals surface area contributed by atoms with E-state index in [0.29, 0.717) is 87.8 Å². The van der Waals surface area contributed by atoms with Gasteiger partial charge in [-0.15, -0.1) is 0 Å². The van der Waals surface area contributed by atoms with Crippen molar-refractivity contribution in [2.75, 3.05) is 57.8 Å². The predicted octanol–water partition coefficient (Wildman–Crippen LogP) is 2.75.